The summed E-state index contributed by atoms with van der Waals surface area (Å²) in [5, 5.41) is 2.94. The Labute approximate surface area is 143 Å². The van der Waals surface area contributed by atoms with Crippen LogP contribution < -0.4 is 15.0 Å². The molecule has 4 nitrogen and oxygen atoms in total. The van der Waals surface area contributed by atoms with Gasteiger partial charge in [-0.3, -0.25) is 4.79 Å². The molecule has 2 aromatic rings. The van der Waals surface area contributed by atoms with Gasteiger partial charge in [0.25, 0.3) is 5.91 Å². The van der Waals surface area contributed by atoms with Gasteiger partial charge < -0.3 is 15.0 Å². The molecule has 0 unspecified atom stereocenters. The van der Waals surface area contributed by atoms with Crippen molar-refractivity contribution in [3.8, 4) is 5.75 Å². The van der Waals surface area contributed by atoms with Gasteiger partial charge in [0.2, 0.25) is 0 Å². The highest BCUT2D eigenvalue weighted by Gasteiger charge is 2.07. The smallest absolute Gasteiger partial charge is 0.251 e. The highest BCUT2D eigenvalue weighted by molar-refractivity contribution is 5.94. The Morgan fingerprint density at radius 1 is 1.17 bits per heavy atom. The molecule has 0 aliphatic heterocycles. The minimum absolute atomic E-state index is 0.0998. The maximum Gasteiger partial charge on any atom is 0.251 e. The third kappa shape index (κ3) is 5.47. The second-order valence-corrected chi connectivity index (χ2v) is 5.79. The van der Waals surface area contributed by atoms with Crippen LogP contribution in [0.2, 0.25) is 0 Å². The molecule has 4 heteroatoms. The Morgan fingerprint density at radius 2 is 1.92 bits per heavy atom. The molecule has 0 atom stereocenters. The number of rotatable bonds is 8. The Morgan fingerprint density at radius 3 is 2.62 bits per heavy atom. The molecule has 0 aliphatic rings. The standard InChI is InChI=1S/C20H24N2O2/c1-16(2)15-24-19-11-7-8-17(14-19)20(23)21-12-13-22(3)18-9-5-4-6-10-18/h4-11,14H,1,12-13,15H2,2-3H3,(H,21,23). The highest BCUT2D eigenvalue weighted by atomic mass is 16.5. The zero-order valence-corrected chi connectivity index (χ0v) is 14.3. The van der Waals surface area contributed by atoms with E-state index >= 15 is 0 Å². The zero-order valence-electron chi connectivity index (χ0n) is 14.3. The summed E-state index contributed by atoms with van der Waals surface area (Å²) in [5.74, 6) is 0.573. The maximum absolute atomic E-state index is 12.3. The first-order valence-corrected chi connectivity index (χ1v) is 7.98. The number of anilines is 1. The van der Waals surface area contributed by atoms with E-state index in [1.807, 2.05) is 56.4 Å². The van der Waals surface area contributed by atoms with E-state index in [0.29, 0.717) is 24.5 Å². The van der Waals surface area contributed by atoms with Gasteiger partial charge in [0, 0.05) is 31.4 Å². The summed E-state index contributed by atoms with van der Waals surface area (Å²) in [6.07, 6.45) is 0. The van der Waals surface area contributed by atoms with Gasteiger partial charge in [-0.2, -0.15) is 0 Å². The van der Waals surface area contributed by atoms with E-state index in [-0.39, 0.29) is 5.91 Å². The van der Waals surface area contributed by atoms with E-state index < -0.39 is 0 Å². The number of hydrogen-bond acceptors (Lipinski definition) is 3. The van der Waals surface area contributed by atoms with Crippen molar-refractivity contribution in [2.24, 2.45) is 0 Å². The number of benzene rings is 2. The Kier molecular flexibility index (Phi) is 6.43. The minimum atomic E-state index is -0.0998. The van der Waals surface area contributed by atoms with Gasteiger partial charge in [-0.25, -0.2) is 0 Å². The third-order valence-electron chi connectivity index (χ3n) is 3.51. The maximum atomic E-state index is 12.3. The van der Waals surface area contributed by atoms with E-state index in [4.69, 9.17) is 4.74 Å². The van der Waals surface area contributed by atoms with Crippen molar-refractivity contribution in [1.29, 1.82) is 0 Å². The minimum Gasteiger partial charge on any atom is -0.489 e. The first-order chi connectivity index (χ1) is 11.6. The number of para-hydroxylation sites is 1. The monoisotopic (exact) mass is 324 g/mol. The molecule has 126 valence electrons. The molecule has 0 spiro atoms. The van der Waals surface area contributed by atoms with Crippen molar-refractivity contribution in [3.63, 3.8) is 0 Å². The molecule has 0 radical (unpaired) electrons. The fourth-order valence-corrected chi connectivity index (χ4v) is 2.18. The van der Waals surface area contributed by atoms with Crippen molar-refractivity contribution >= 4 is 11.6 Å². The van der Waals surface area contributed by atoms with Gasteiger partial charge in [-0.1, -0.05) is 30.8 Å². The number of nitrogens with zero attached hydrogens (tertiary/aromatic N) is 1. The lowest BCUT2D eigenvalue weighted by atomic mass is 10.2. The number of ether oxygens (including phenoxy) is 1. The summed E-state index contributed by atoms with van der Waals surface area (Å²) in [6, 6.07) is 17.3. The molecule has 0 saturated carbocycles. The van der Waals surface area contributed by atoms with Gasteiger partial charge in [-0.15, -0.1) is 0 Å². The van der Waals surface area contributed by atoms with E-state index in [2.05, 4.69) is 16.8 Å². The van der Waals surface area contributed by atoms with Crippen LogP contribution in [0, 0.1) is 0 Å². The Balaban J connectivity index is 1.84. The van der Waals surface area contributed by atoms with Gasteiger partial charge in [0.15, 0.2) is 0 Å². The largest absolute Gasteiger partial charge is 0.489 e. The number of likely N-dealkylation sites (N-methyl/N-ethyl adjacent to an activating group) is 1. The van der Waals surface area contributed by atoms with Crippen LogP contribution in [0.25, 0.3) is 0 Å². The number of carbonyl (C=O) groups excluding carboxylic acids is 1. The second-order valence-electron chi connectivity index (χ2n) is 5.79. The van der Waals surface area contributed by atoms with Crippen LogP contribution in [0.5, 0.6) is 5.75 Å². The van der Waals surface area contributed by atoms with Gasteiger partial charge in [-0.05, 0) is 42.8 Å². The molecule has 0 saturated heterocycles. The van der Waals surface area contributed by atoms with Crippen LogP contribution in [0.4, 0.5) is 5.69 Å². The van der Waals surface area contributed by atoms with Crippen LogP contribution >= 0.6 is 0 Å². The quantitative estimate of drug-likeness (QED) is 0.756. The van der Waals surface area contributed by atoms with E-state index in [1.165, 1.54) is 0 Å². The fraction of sp³-hybridized carbons (Fsp3) is 0.250. The summed E-state index contributed by atoms with van der Waals surface area (Å²) < 4.78 is 5.57. The first kappa shape index (κ1) is 17.6. The van der Waals surface area contributed by atoms with Crippen LogP contribution in [-0.2, 0) is 0 Å². The molecule has 0 heterocycles. The van der Waals surface area contributed by atoms with Crippen molar-refractivity contribution < 1.29 is 9.53 Å². The van der Waals surface area contributed by atoms with Crippen molar-refractivity contribution in [1.82, 2.24) is 5.32 Å². The van der Waals surface area contributed by atoms with Gasteiger partial charge >= 0.3 is 0 Å². The van der Waals surface area contributed by atoms with Crippen molar-refractivity contribution in [2.75, 3.05) is 31.6 Å². The van der Waals surface area contributed by atoms with Crippen molar-refractivity contribution in [3.05, 3.63) is 72.3 Å². The number of amides is 1. The molecule has 0 bridgehead atoms. The molecule has 24 heavy (non-hydrogen) atoms. The Hall–Kier alpha value is -2.75. The average molecular weight is 324 g/mol. The summed E-state index contributed by atoms with van der Waals surface area (Å²) in [7, 11) is 2.01. The molecule has 2 aromatic carbocycles. The van der Waals surface area contributed by atoms with E-state index in [9.17, 15) is 4.79 Å². The SMILES string of the molecule is C=C(C)COc1cccc(C(=O)NCCN(C)c2ccccc2)c1. The van der Waals surface area contributed by atoms with Crippen LogP contribution in [0.3, 0.4) is 0 Å². The number of nitrogens with one attached hydrogen (secondary N) is 1. The molecule has 0 aliphatic carbocycles. The normalized spacial score (nSPS) is 10.1. The molecule has 1 amide bonds. The highest BCUT2D eigenvalue weighted by Crippen LogP contribution is 2.14. The van der Waals surface area contributed by atoms with Crippen LogP contribution in [0.1, 0.15) is 17.3 Å². The van der Waals surface area contributed by atoms with Crippen molar-refractivity contribution in [2.45, 2.75) is 6.92 Å². The predicted molar refractivity (Wildman–Crippen MR) is 98.8 cm³/mol. The summed E-state index contributed by atoms with van der Waals surface area (Å²) in [4.78, 5) is 14.4. The predicted octanol–water partition coefficient (Wildman–Crippen LogP) is 3.51. The lowest BCUT2D eigenvalue weighted by Crippen LogP contribution is -2.32. The number of hydrogen-bond donors (Lipinski definition) is 1. The third-order valence-corrected chi connectivity index (χ3v) is 3.51. The summed E-state index contributed by atoms with van der Waals surface area (Å²) in [6.45, 7) is 7.46. The molecule has 2 rings (SSSR count). The fourth-order valence-electron chi connectivity index (χ4n) is 2.18. The molecule has 0 aromatic heterocycles. The topological polar surface area (TPSA) is 41.6 Å². The molecular weight excluding hydrogens is 300 g/mol. The van der Waals surface area contributed by atoms with Gasteiger partial charge in [0.05, 0.1) is 0 Å². The molecule has 1 N–H and O–H groups in total. The van der Waals surface area contributed by atoms with Gasteiger partial charge in [0.1, 0.15) is 12.4 Å². The lowest BCUT2D eigenvalue weighted by molar-refractivity contribution is 0.0954. The first-order valence-electron chi connectivity index (χ1n) is 7.98. The molecule has 0 fully saturated rings. The zero-order chi connectivity index (χ0) is 17.4. The van der Waals surface area contributed by atoms with Crippen LogP contribution in [0.15, 0.2) is 66.7 Å². The second kappa shape index (κ2) is 8.77. The average Bonchev–Trinajstić information content (AvgIpc) is 2.60. The molecular formula is C20H24N2O2. The van der Waals surface area contributed by atoms with E-state index in [0.717, 1.165) is 17.8 Å². The van der Waals surface area contributed by atoms with Crippen LogP contribution in [-0.4, -0.2) is 32.7 Å². The number of carbonyl (C=O) groups is 1. The lowest BCUT2D eigenvalue weighted by Gasteiger charge is -2.19. The summed E-state index contributed by atoms with van der Waals surface area (Å²) in [5.41, 5.74) is 2.66. The van der Waals surface area contributed by atoms with E-state index in [1.54, 1.807) is 12.1 Å². The summed E-state index contributed by atoms with van der Waals surface area (Å²) >= 11 is 0. The Bertz CT molecular complexity index is 683.